The highest BCUT2D eigenvalue weighted by molar-refractivity contribution is 6.09. The Morgan fingerprint density at radius 2 is 1.71 bits per heavy atom. The average Bonchev–Trinajstić information content (AvgIpc) is 3.04. The molecule has 5 heteroatoms. The number of piperazine rings is 1. The summed E-state index contributed by atoms with van der Waals surface area (Å²) in [6.07, 6.45) is 0. The van der Waals surface area contributed by atoms with Crippen LogP contribution in [0.1, 0.15) is 33.3 Å². The molecule has 1 saturated heterocycles. The average molecular weight is 376 g/mol. The van der Waals surface area contributed by atoms with Gasteiger partial charge in [-0.2, -0.15) is 0 Å². The van der Waals surface area contributed by atoms with Crippen molar-refractivity contribution in [3.8, 4) is 0 Å². The lowest BCUT2D eigenvalue weighted by molar-refractivity contribution is -0.892. The molecule has 0 aliphatic carbocycles. The first kappa shape index (κ1) is 18.4. The van der Waals surface area contributed by atoms with Crippen LogP contribution in [0.5, 0.6) is 0 Å². The summed E-state index contributed by atoms with van der Waals surface area (Å²) in [6, 6.07) is 15.8. The molecule has 4 rings (SSSR count). The molecular weight excluding hydrogens is 350 g/mol. The fourth-order valence-corrected chi connectivity index (χ4v) is 4.12. The van der Waals surface area contributed by atoms with Gasteiger partial charge in [0.05, 0.1) is 31.7 Å². The summed E-state index contributed by atoms with van der Waals surface area (Å²) in [5.41, 5.74) is 4.70. The number of aromatic nitrogens is 1. The third-order valence-corrected chi connectivity index (χ3v) is 5.69. The van der Waals surface area contributed by atoms with Crippen molar-refractivity contribution >= 4 is 28.2 Å². The highest BCUT2D eigenvalue weighted by atomic mass is 16.1. The maximum atomic E-state index is 13.0. The number of para-hydroxylation sites is 1. The second-order valence-electron chi connectivity index (χ2n) is 7.61. The van der Waals surface area contributed by atoms with E-state index in [2.05, 4.69) is 9.88 Å². The molecule has 0 bridgehead atoms. The van der Waals surface area contributed by atoms with Crippen LogP contribution in [0.3, 0.4) is 0 Å². The molecule has 2 aromatic carbocycles. The highest BCUT2D eigenvalue weighted by Crippen LogP contribution is 2.22. The number of nitrogens with zero attached hydrogens (tertiary/aromatic N) is 1. The maximum absolute atomic E-state index is 13.0. The number of aromatic amines is 1. The van der Waals surface area contributed by atoms with E-state index >= 15 is 0 Å². The number of aryl methyl sites for hydroxylation is 1. The van der Waals surface area contributed by atoms with E-state index in [0.717, 1.165) is 59.6 Å². The first-order valence-corrected chi connectivity index (χ1v) is 9.83. The van der Waals surface area contributed by atoms with E-state index in [0.29, 0.717) is 6.54 Å². The summed E-state index contributed by atoms with van der Waals surface area (Å²) in [7, 11) is 0. The van der Waals surface area contributed by atoms with Crippen LogP contribution in [0.15, 0.2) is 48.5 Å². The molecule has 0 radical (unpaired) electrons. The Hall–Kier alpha value is -2.92. The number of rotatable bonds is 5. The third kappa shape index (κ3) is 3.58. The number of hydrogen-bond donors (Lipinski definition) is 2. The standard InChI is InChI=1S/C23H25N3O2/c1-16-23(20-5-3-4-6-21(20)24-16)22(28)15-25-11-13-26(14-12-25)19-9-7-18(8-10-19)17(2)27/h3-10,24H,11-15H2,1-2H3/p+1. The van der Waals surface area contributed by atoms with Crippen molar-refractivity contribution in [3.05, 3.63) is 65.4 Å². The Bertz CT molecular complexity index is 1010. The van der Waals surface area contributed by atoms with Gasteiger partial charge in [-0.25, -0.2) is 0 Å². The van der Waals surface area contributed by atoms with E-state index < -0.39 is 0 Å². The minimum atomic E-state index is 0.0897. The van der Waals surface area contributed by atoms with E-state index in [1.165, 1.54) is 4.90 Å². The van der Waals surface area contributed by atoms with Crippen molar-refractivity contribution in [2.45, 2.75) is 13.8 Å². The molecular formula is C23H26N3O2+. The van der Waals surface area contributed by atoms with Crippen molar-refractivity contribution in [1.29, 1.82) is 0 Å². The minimum Gasteiger partial charge on any atom is -0.360 e. The van der Waals surface area contributed by atoms with Crippen molar-refractivity contribution in [1.82, 2.24) is 4.98 Å². The second-order valence-corrected chi connectivity index (χ2v) is 7.61. The predicted octanol–water partition coefficient (Wildman–Crippen LogP) is 2.27. The van der Waals surface area contributed by atoms with Gasteiger partial charge in [0.1, 0.15) is 6.54 Å². The van der Waals surface area contributed by atoms with Crippen molar-refractivity contribution in [2.75, 3.05) is 37.6 Å². The van der Waals surface area contributed by atoms with Crippen LogP contribution in [0.2, 0.25) is 0 Å². The zero-order valence-electron chi connectivity index (χ0n) is 16.4. The van der Waals surface area contributed by atoms with Gasteiger partial charge >= 0.3 is 0 Å². The number of hydrogen-bond acceptors (Lipinski definition) is 3. The summed E-state index contributed by atoms with van der Waals surface area (Å²) < 4.78 is 0. The maximum Gasteiger partial charge on any atom is 0.219 e. The Labute approximate surface area is 165 Å². The molecule has 28 heavy (non-hydrogen) atoms. The van der Waals surface area contributed by atoms with Gasteiger partial charge in [-0.15, -0.1) is 0 Å². The zero-order valence-corrected chi connectivity index (χ0v) is 16.4. The van der Waals surface area contributed by atoms with Gasteiger partial charge in [0.15, 0.2) is 5.78 Å². The Balaban J connectivity index is 1.39. The quantitative estimate of drug-likeness (QED) is 0.672. The van der Waals surface area contributed by atoms with Crippen molar-refractivity contribution in [3.63, 3.8) is 0 Å². The van der Waals surface area contributed by atoms with E-state index in [-0.39, 0.29) is 11.6 Å². The van der Waals surface area contributed by atoms with Crippen molar-refractivity contribution in [2.24, 2.45) is 0 Å². The summed E-state index contributed by atoms with van der Waals surface area (Å²) in [5, 5.41) is 1.02. The number of quaternary nitrogens is 1. The molecule has 0 unspecified atom stereocenters. The number of H-pyrrole nitrogens is 1. The highest BCUT2D eigenvalue weighted by Gasteiger charge is 2.25. The summed E-state index contributed by atoms with van der Waals surface area (Å²) >= 11 is 0. The number of benzene rings is 2. The fourth-order valence-electron chi connectivity index (χ4n) is 4.12. The monoisotopic (exact) mass is 376 g/mol. The van der Waals surface area contributed by atoms with Crippen LogP contribution in [0, 0.1) is 6.92 Å². The molecule has 144 valence electrons. The Morgan fingerprint density at radius 1 is 1.04 bits per heavy atom. The minimum absolute atomic E-state index is 0.0897. The lowest BCUT2D eigenvalue weighted by Crippen LogP contribution is -3.15. The normalized spacial score (nSPS) is 15.1. The molecule has 1 aromatic heterocycles. The first-order valence-electron chi connectivity index (χ1n) is 9.83. The Kier molecular flexibility index (Phi) is 5.01. The molecule has 0 atom stereocenters. The lowest BCUT2D eigenvalue weighted by atomic mass is 10.1. The van der Waals surface area contributed by atoms with Gasteiger partial charge in [0.25, 0.3) is 0 Å². The number of carbonyl (C=O) groups is 2. The van der Waals surface area contributed by atoms with Gasteiger partial charge in [-0.05, 0) is 44.2 Å². The fraction of sp³-hybridized carbons (Fsp3) is 0.304. The van der Waals surface area contributed by atoms with E-state index in [9.17, 15) is 9.59 Å². The largest absolute Gasteiger partial charge is 0.360 e. The van der Waals surface area contributed by atoms with Crippen LogP contribution in [-0.2, 0) is 0 Å². The summed E-state index contributed by atoms with van der Waals surface area (Å²) in [5.74, 6) is 0.302. The molecule has 1 aliphatic rings. The number of fused-ring (bicyclic) bond motifs is 1. The van der Waals surface area contributed by atoms with Crippen LogP contribution in [0.25, 0.3) is 10.9 Å². The van der Waals surface area contributed by atoms with Crippen LogP contribution < -0.4 is 9.80 Å². The molecule has 2 N–H and O–H groups in total. The van der Waals surface area contributed by atoms with E-state index in [1.54, 1.807) is 6.92 Å². The molecule has 1 fully saturated rings. The Morgan fingerprint density at radius 3 is 2.39 bits per heavy atom. The van der Waals surface area contributed by atoms with E-state index in [1.807, 2.05) is 55.5 Å². The summed E-state index contributed by atoms with van der Waals surface area (Å²) in [6.45, 7) is 7.78. The summed E-state index contributed by atoms with van der Waals surface area (Å²) in [4.78, 5) is 31.4. The van der Waals surface area contributed by atoms with Crippen molar-refractivity contribution < 1.29 is 14.5 Å². The molecule has 0 spiro atoms. The number of carbonyl (C=O) groups excluding carboxylic acids is 2. The van der Waals surface area contributed by atoms with Gasteiger partial charge in [0, 0.05) is 27.8 Å². The second kappa shape index (κ2) is 7.60. The molecule has 0 saturated carbocycles. The van der Waals surface area contributed by atoms with Gasteiger partial charge in [0.2, 0.25) is 5.78 Å². The lowest BCUT2D eigenvalue weighted by Gasteiger charge is -2.33. The van der Waals surface area contributed by atoms with Crippen LogP contribution in [0.4, 0.5) is 5.69 Å². The third-order valence-electron chi connectivity index (χ3n) is 5.69. The number of Topliss-reactive ketones (excluding diaryl/α,β-unsaturated/α-hetero) is 2. The van der Waals surface area contributed by atoms with Gasteiger partial charge < -0.3 is 14.8 Å². The SMILES string of the molecule is CC(=O)c1ccc(N2CC[NH+](CC(=O)c3c(C)[nH]c4ccccc34)CC2)cc1. The molecule has 1 aliphatic heterocycles. The molecule has 2 heterocycles. The first-order chi connectivity index (χ1) is 13.5. The molecule has 0 amide bonds. The molecule has 3 aromatic rings. The smallest absolute Gasteiger partial charge is 0.219 e. The number of nitrogens with one attached hydrogen (secondary N) is 2. The van der Waals surface area contributed by atoms with Gasteiger partial charge in [-0.3, -0.25) is 9.59 Å². The topological polar surface area (TPSA) is 57.6 Å². The number of ketones is 2. The van der Waals surface area contributed by atoms with Gasteiger partial charge in [-0.1, -0.05) is 18.2 Å². The van der Waals surface area contributed by atoms with E-state index in [4.69, 9.17) is 0 Å². The zero-order chi connectivity index (χ0) is 19.7. The number of anilines is 1. The van der Waals surface area contributed by atoms with Crippen LogP contribution >= 0.6 is 0 Å². The predicted molar refractivity (Wildman–Crippen MR) is 112 cm³/mol. The molecule has 5 nitrogen and oxygen atoms in total. The van der Waals surface area contributed by atoms with Crippen LogP contribution in [-0.4, -0.2) is 49.3 Å².